The van der Waals surface area contributed by atoms with Crippen molar-refractivity contribution in [2.45, 2.75) is 13.8 Å². The summed E-state index contributed by atoms with van der Waals surface area (Å²) in [5.74, 6) is 0.155. The van der Waals surface area contributed by atoms with Crippen LogP contribution in [0.25, 0.3) is 0 Å². The third-order valence-electron chi connectivity index (χ3n) is 2.20. The Hall–Kier alpha value is -0.930. The van der Waals surface area contributed by atoms with Crippen LogP contribution in [0.3, 0.4) is 0 Å². The highest BCUT2D eigenvalue weighted by molar-refractivity contribution is 7.08. The van der Waals surface area contributed by atoms with E-state index in [4.69, 9.17) is 0 Å². The van der Waals surface area contributed by atoms with Gasteiger partial charge in [-0.15, -0.1) is 0 Å². The summed E-state index contributed by atoms with van der Waals surface area (Å²) in [6, 6.07) is 0. The Morgan fingerprint density at radius 2 is 1.36 bits per heavy atom. The zero-order chi connectivity index (χ0) is 10.1. The van der Waals surface area contributed by atoms with Gasteiger partial charge in [0.2, 0.25) is 0 Å². The molecule has 2 aromatic heterocycles. The fourth-order valence-corrected chi connectivity index (χ4v) is 2.99. The van der Waals surface area contributed by atoms with E-state index in [0.29, 0.717) is 0 Å². The first-order valence-corrected chi connectivity index (χ1v) is 6.19. The first-order chi connectivity index (χ1) is 6.70. The van der Waals surface area contributed by atoms with Crippen molar-refractivity contribution in [2.75, 3.05) is 0 Å². The Morgan fingerprint density at radius 1 is 0.929 bits per heavy atom. The summed E-state index contributed by atoms with van der Waals surface area (Å²) in [6.07, 6.45) is 0. The van der Waals surface area contributed by atoms with Gasteiger partial charge >= 0.3 is 0 Å². The van der Waals surface area contributed by atoms with Crippen molar-refractivity contribution in [1.29, 1.82) is 0 Å². The minimum absolute atomic E-state index is 0.155. The second-order valence-corrected chi connectivity index (χ2v) is 4.75. The first kappa shape index (κ1) is 9.62. The molecule has 14 heavy (non-hydrogen) atoms. The number of ketones is 1. The van der Waals surface area contributed by atoms with Crippen molar-refractivity contribution >= 4 is 28.5 Å². The molecule has 0 N–H and O–H groups in total. The van der Waals surface area contributed by atoms with Crippen molar-refractivity contribution in [1.82, 2.24) is 0 Å². The predicted molar refractivity (Wildman–Crippen MR) is 61.5 cm³/mol. The second-order valence-electron chi connectivity index (χ2n) is 3.27. The van der Waals surface area contributed by atoms with Crippen molar-refractivity contribution in [2.24, 2.45) is 0 Å². The number of carbonyl (C=O) groups excluding carboxylic acids is 1. The topological polar surface area (TPSA) is 17.1 Å². The molecule has 0 aliphatic heterocycles. The molecule has 3 heteroatoms. The van der Waals surface area contributed by atoms with Crippen LogP contribution >= 0.6 is 22.7 Å². The van der Waals surface area contributed by atoms with Crippen LogP contribution in [0.15, 0.2) is 21.5 Å². The first-order valence-electron chi connectivity index (χ1n) is 4.30. The van der Waals surface area contributed by atoms with E-state index in [0.717, 1.165) is 22.3 Å². The van der Waals surface area contributed by atoms with Gasteiger partial charge in [0, 0.05) is 21.9 Å². The van der Waals surface area contributed by atoms with E-state index in [1.807, 2.05) is 35.4 Å². The van der Waals surface area contributed by atoms with Crippen molar-refractivity contribution < 1.29 is 4.79 Å². The molecule has 2 aromatic rings. The van der Waals surface area contributed by atoms with E-state index < -0.39 is 0 Å². The Bertz CT molecular complexity index is 423. The van der Waals surface area contributed by atoms with Gasteiger partial charge in [0.25, 0.3) is 0 Å². The van der Waals surface area contributed by atoms with Crippen molar-refractivity contribution in [3.8, 4) is 0 Å². The molecule has 0 aromatic carbocycles. The maximum absolute atomic E-state index is 12.0. The molecule has 0 radical (unpaired) electrons. The van der Waals surface area contributed by atoms with Crippen LogP contribution in [0.4, 0.5) is 0 Å². The lowest BCUT2D eigenvalue weighted by Gasteiger charge is -1.98. The summed E-state index contributed by atoms with van der Waals surface area (Å²) in [4.78, 5) is 12.0. The van der Waals surface area contributed by atoms with Gasteiger partial charge in [-0.3, -0.25) is 4.79 Å². The van der Waals surface area contributed by atoms with E-state index >= 15 is 0 Å². The molecule has 2 heterocycles. The molecule has 0 bridgehead atoms. The molecule has 0 fully saturated rings. The Morgan fingerprint density at radius 3 is 1.64 bits per heavy atom. The van der Waals surface area contributed by atoms with Gasteiger partial charge in [0.1, 0.15) is 0 Å². The molecule has 0 unspecified atom stereocenters. The fraction of sp³-hybridized carbons (Fsp3) is 0.182. The van der Waals surface area contributed by atoms with Gasteiger partial charge in [-0.25, -0.2) is 0 Å². The predicted octanol–water partition coefficient (Wildman–Crippen LogP) is 3.66. The molecule has 0 spiro atoms. The molecule has 72 valence electrons. The minimum atomic E-state index is 0.155. The van der Waals surface area contributed by atoms with Crippen LogP contribution in [0, 0.1) is 13.8 Å². The van der Waals surface area contributed by atoms with Crippen LogP contribution < -0.4 is 0 Å². The SMILES string of the molecule is Cc1cscc1C(=O)c1cscc1C. The van der Waals surface area contributed by atoms with Gasteiger partial charge in [0.05, 0.1) is 0 Å². The van der Waals surface area contributed by atoms with Crippen molar-refractivity contribution in [3.05, 3.63) is 43.8 Å². The summed E-state index contributed by atoms with van der Waals surface area (Å²) >= 11 is 3.16. The smallest absolute Gasteiger partial charge is 0.195 e. The number of thiophene rings is 2. The number of hydrogen-bond donors (Lipinski definition) is 0. The van der Waals surface area contributed by atoms with Gasteiger partial charge in [-0.1, -0.05) is 0 Å². The molecule has 0 saturated carbocycles. The van der Waals surface area contributed by atoms with E-state index in [1.165, 1.54) is 0 Å². The molecule has 1 nitrogen and oxygen atoms in total. The second kappa shape index (κ2) is 3.67. The highest BCUT2D eigenvalue weighted by Gasteiger charge is 2.14. The summed E-state index contributed by atoms with van der Waals surface area (Å²) < 4.78 is 0. The Kier molecular flexibility index (Phi) is 2.52. The quantitative estimate of drug-likeness (QED) is 0.709. The van der Waals surface area contributed by atoms with Crippen molar-refractivity contribution in [3.63, 3.8) is 0 Å². The average Bonchev–Trinajstić information content (AvgIpc) is 2.73. The zero-order valence-electron chi connectivity index (χ0n) is 8.03. The van der Waals surface area contributed by atoms with Crippen LogP contribution in [0.2, 0.25) is 0 Å². The lowest BCUT2D eigenvalue weighted by atomic mass is 10.0. The fourth-order valence-electron chi connectivity index (χ4n) is 1.33. The van der Waals surface area contributed by atoms with Gasteiger partial charge in [-0.2, -0.15) is 22.7 Å². The molecule has 0 amide bonds. The Balaban J connectivity index is 2.44. The average molecular weight is 222 g/mol. The monoisotopic (exact) mass is 222 g/mol. The lowest BCUT2D eigenvalue weighted by Crippen LogP contribution is -2.01. The molecule has 0 aliphatic rings. The summed E-state index contributed by atoms with van der Waals surface area (Å²) in [7, 11) is 0. The van der Waals surface area contributed by atoms with Gasteiger partial charge in [0.15, 0.2) is 5.78 Å². The summed E-state index contributed by atoms with van der Waals surface area (Å²) in [5, 5.41) is 7.87. The van der Waals surface area contributed by atoms with E-state index in [9.17, 15) is 4.79 Å². The number of rotatable bonds is 2. The van der Waals surface area contributed by atoms with E-state index in [2.05, 4.69) is 0 Å². The number of hydrogen-bond acceptors (Lipinski definition) is 3. The molecular formula is C11H10OS2. The largest absolute Gasteiger partial charge is 0.289 e. The van der Waals surface area contributed by atoms with Crippen LogP contribution in [0.1, 0.15) is 27.0 Å². The normalized spacial score (nSPS) is 10.4. The number of aryl methyl sites for hydroxylation is 2. The van der Waals surface area contributed by atoms with Gasteiger partial charge in [-0.05, 0) is 35.7 Å². The standard InChI is InChI=1S/C11H10OS2/c1-7-3-13-5-9(7)11(12)10-6-14-4-8(10)2/h3-6H,1-2H3. The minimum Gasteiger partial charge on any atom is -0.289 e. The van der Waals surface area contributed by atoms with E-state index in [1.54, 1.807) is 22.7 Å². The highest BCUT2D eigenvalue weighted by atomic mass is 32.1. The lowest BCUT2D eigenvalue weighted by molar-refractivity contribution is 0.103. The molecular weight excluding hydrogens is 212 g/mol. The van der Waals surface area contributed by atoms with Crippen LogP contribution in [-0.2, 0) is 0 Å². The zero-order valence-corrected chi connectivity index (χ0v) is 9.67. The maximum Gasteiger partial charge on any atom is 0.195 e. The Labute approximate surface area is 91.0 Å². The van der Waals surface area contributed by atoms with Gasteiger partial charge < -0.3 is 0 Å². The van der Waals surface area contributed by atoms with Crippen LogP contribution in [0.5, 0.6) is 0 Å². The summed E-state index contributed by atoms with van der Waals surface area (Å²) in [5.41, 5.74) is 3.84. The molecule has 0 aliphatic carbocycles. The third-order valence-corrected chi connectivity index (χ3v) is 3.92. The molecule has 0 saturated heterocycles. The molecule has 0 atom stereocenters. The number of carbonyl (C=O) groups is 1. The van der Waals surface area contributed by atoms with Crippen LogP contribution in [-0.4, -0.2) is 5.78 Å². The van der Waals surface area contributed by atoms with E-state index in [-0.39, 0.29) is 5.78 Å². The molecule has 2 rings (SSSR count). The third kappa shape index (κ3) is 1.53. The summed E-state index contributed by atoms with van der Waals surface area (Å²) in [6.45, 7) is 3.96. The highest BCUT2D eigenvalue weighted by Crippen LogP contribution is 2.22. The maximum atomic E-state index is 12.0.